The number of nitrogens with zero attached hydrogens (tertiary/aromatic N) is 7. The number of hydrogen-bond acceptors (Lipinski definition) is 7. The highest BCUT2D eigenvalue weighted by atomic mass is 19.1. The minimum atomic E-state index is -0.848. The molecule has 3 atom stereocenters. The number of benzene rings is 2. The number of halogens is 1. The number of imidazole rings is 1. The fraction of sp³-hybridized carbons (Fsp3) is 0.429. The van der Waals surface area contributed by atoms with E-state index in [0.29, 0.717) is 18.4 Å². The summed E-state index contributed by atoms with van der Waals surface area (Å²) in [6, 6.07) is 16.3. The smallest absolute Gasteiger partial charge is 0.416 e. The van der Waals surface area contributed by atoms with Gasteiger partial charge in [-0.15, -0.1) is 0 Å². The summed E-state index contributed by atoms with van der Waals surface area (Å²) in [6.45, 7) is 9.71. The summed E-state index contributed by atoms with van der Waals surface area (Å²) < 4.78 is 23.2. The monoisotopic (exact) mass is 627 g/mol. The fourth-order valence-corrected chi connectivity index (χ4v) is 6.46. The van der Waals surface area contributed by atoms with Crippen LogP contribution in [0.15, 0.2) is 77.4 Å². The molecule has 1 aliphatic carbocycles. The van der Waals surface area contributed by atoms with Gasteiger partial charge in [0.1, 0.15) is 5.82 Å². The van der Waals surface area contributed by atoms with Crippen LogP contribution in [-0.2, 0) is 11.3 Å². The number of para-hydroxylation sites is 2. The summed E-state index contributed by atoms with van der Waals surface area (Å²) in [5, 5.41) is 0. The van der Waals surface area contributed by atoms with Gasteiger partial charge in [-0.05, 0) is 75.8 Å². The highest BCUT2D eigenvalue weighted by molar-refractivity contribution is 5.79. The van der Waals surface area contributed by atoms with E-state index in [1.54, 1.807) is 11.8 Å². The summed E-state index contributed by atoms with van der Waals surface area (Å²) >= 11 is 0. The zero-order valence-corrected chi connectivity index (χ0v) is 27.1. The first-order chi connectivity index (χ1) is 22.2. The molecule has 242 valence electrons. The van der Waals surface area contributed by atoms with Crippen LogP contribution in [0.3, 0.4) is 0 Å². The topological polar surface area (TPSA) is 88.7 Å². The van der Waals surface area contributed by atoms with Crippen molar-refractivity contribution in [3.8, 4) is 0 Å². The number of aromatic nitrogens is 4. The van der Waals surface area contributed by atoms with Gasteiger partial charge in [-0.3, -0.25) is 9.69 Å². The quantitative estimate of drug-likeness (QED) is 0.219. The minimum absolute atomic E-state index is 0.101. The second kappa shape index (κ2) is 13.0. The molecule has 2 aromatic heterocycles. The molecule has 2 fully saturated rings. The molecule has 4 aromatic rings. The SMILES string of the molecule is C/C=C(\C)N(C(=O)OC(C)n1c(N(C)C2CCN(c3nc4ccccc4n3Cc3ccc(F)cc3)CC2)nccc1=O)C1CC1C. The highest BCUT2D eigenvalue weighted by Crippen LogP contribution is 2.38. The van der Waals surface area contributed by atoms with Crippen molar-refractivity contribution in [2.24, 2.45) is 5.92 Å². The molecule has 3 unspecified atom stereocenters. The number of ether oxygens (including phenoxy) is 1. The predicted molar refractivity (Wildman–Crippen MR) is 177 cm³/mol. The van der Waals surface area contributed by atoms with Crippen molar-refractivity contribution in [1.82, 2.24) is 24.0 Å². The Morgan fingerprint density at radius 3 is 2.50 bits per heavy atom. The predicted octanol–water partition coefficient (Wildman–Crippen LogP) is 6.17. The second-order valence-electron chi connectivity index (χ2n) is 12.5. The van der Waals surface area contributed by atoms with Crippen LogP contribution in [0, 0.1) is 11.7 Å². The van der Waals surface area contributed by atoms with Crippen molar-refractivity contribution in [3.05, 3.63) is 94.3 Å². The van der Waals surface area contributed by atoms with Crippen molar-refractivity contribution in [3.63, 3.8) is 0 Å². The lowest BCUT2D eigenvalue weighted by molar-refractivity contribution is 0.0413. The molecule has 46 heavy (non-hydrogen) atoms. The van der Waals surface area contributed by atoms with Crippen molar-refractivity contribution in [1.29, 1.82) is 0 Å². The number of anilines is 2. The zero-order chi connectivity index (χ0) is 32.5. The summed E-state index contributed by atoms with van der Waals surface area (Å²) in [7, 11) is 1.94. The number of fused-ring (bicyclic) bond motifs is 1. The average molecular weight is 628 g/mol. The Morgan fingerprint density at radius 1 is 1.13 bits per heavy atom. The van der Waals surface area contributed by atoms with E-state index < -0.39 is 12.3 Å². The van der Waals surface area contributed by atoms with Crippen LogP contribution in [-0.4, -0.2) is 62.3 Å². The lowest BCUT2D eigenvalue weighted by Gasteiger charge is -2.38. The van der Waals surface area contributed by atoms with E-state index in [2.05, 4.69) is 27.4 Å². The average Bonchev–Trinajstić information content (AvgIpc) is 3.66. The summed E-state index contributed by atoms with van der Waals surface area (Å²) in [5.41, 5.74) is 3.50. The van der Waals surface area contributed by atoms with Crippen LogP contribution in [0.5, 0.6) is 0 Å². The molecular weight excluding hydrogens is 585 g/mol. The Kier molecular flexibility index (Phi) is 8.84. The van der Waals surface area contributed by atoms with Gasteiger partial charge in [0, 0.05) is 50.2 Å². The van der Waals surface area contributed by atoms with Crippen LogP contribution in [0.4, 0.5) is 21.1 Å². The van der Waals surface area contributed by atoms with Crippen LogP contribution < -0.4 is 15.4 Å². The number of amides is 1. The molecule has 0 spiro atoms. The Hall–Kier alpha value is -4.67. The van der Waals surface area contributed by atoms with Crippen molar-refractivity contribution in [2.75, 3.05) is 29.9 Å². The van der Waals surface area contributed by atoms with Gasteiger partial charge < -0.3 is 19.1 Å². The van der Waals surface area contributed by atoms with Gasteiger partial charge in [-0.1, -0.05) is 37.3 Å². The third-order valence-corrected chi connectivity index (χ3v) is 9.39. The van der Waals surface area contributed by atoms with Gasteiger partial charge in [0.2, 0.25) is 11.9 Å². The zero-order valence-electron chi connectivity index (χ0n) is 27.1. The van der Waals surface area contributed by atoms with E-state index in [0.717, 1.165) is 60.6 Å². The first kappa shape index (κ1) is 31.3. The van der Waals surface area contributed by atoms with Gasteiger partial charge >= 0.3 is 6.09 Å². The third-order valence-electron chi connectivity index (χ3n) is 9.39. The molecule has 2 aliphatic rings. The van der Waals surface area contributed by atoms with E-state index in [1.807, 2.05) is 62.2 Å². The molecule has 0 N–H and O–H groups in total. The number of carbonyl (C=O) groups is 1. The minimum Gasteiger partial charge on any atom is -0.425 e. The first-order valence-corrected chi connectivity index (χ1v) is 16.0. The maximum atomic E-state index is 13.6. The Bertz CT molecular complexity index is 1790. The van der Waals surface area contributed by atoms with Gasteiger partial charge in [0.25, 0.3) is 5.56 Å². The maximum Gasteiger partial charge on any atom is 0.416 e. The van der Waals surface area contributed by atoms with Gasteiger partial charge in [-0.25, -0.2) is 23.7 Å². The van der Waals surface area contributed by atoms with Crippen LogP contribution in [0.2, 0.25) is 0 Å². The Morgan fingerprint density at radius 2 is 1.83 bits per heavy atom. The normalized spacial score (nSPS) is 19.3. The molecule has 1 saturated heterocycles. The molecule has 6 rings (SSSR count). The number of rotatable bonds is 9. The summed E-state index contributed by atoms with van der Waals surface area (Å²) in [5.74, 6) is 1.50. The molecule has 1 amide bonds. The third kappa shape index (κ3) is 6.23. The van der Waals surface area contributed by atoms with Crippen molar-refractivity contribution in [2.45, 2.75) is 71.8 Å². The Labute approximate surface area is 268 Å². The molecule has 0 bridgehead atoms. The summed E-state index contributed by atoms with van der Waals surface area (Å²) in [6.07, 6.45) is 4.64. The lowest BCUT2D eigenvalue weighted by atomic mass is 10.0. The molecule has 1 aliphatic heterocycles. The van der Waals surface area contributed by atoms with Gasteiger partial charge in [0.15, 0.2) is 6.23 Å². The van der Waals surface area contributed by atoms with E-state index in [9.17, 15) is 14.0 Å². The maximum absolute atomic E-state index is 13.6. The van der Waals surface area contributed by atoms with E-state index in [-0.39, 0.29) is 23.5 Å². The van der Waals surface area contributed by atoms with Crippen LogP contribution in [0.25, 0.3) is 11.0 Å². The second-order valence-corrected chi connectivity index (χ2v) is 12.5. The van der Waals surface area contributed by atoms with E-state index in [4.69, 9.17) is 9.72 Å². The summed E-state index contributed by atoms with van der Waals surface area (Å²) in [4.78, 5) is 42.1. The number of allylic oxidation sites excluding steroid dienone is 2. The van der Waals surface area contributed by atoms with Crippen LogP contribution >= 0.6 is 0 Å². The van der Waals surface area contributed by atoms with Gasteiger partial charge in [-0.2, -0.15) is 0 Å². The lowest BCUT2D eigenvalue weighted by Crippen LogP contribution is -2.46. The van der Waals surface area contributed by atoms with Gasteiger partial charge in [0.05, 0.1) is 17.6 Å². The Balaban J connectivity index is 1.18. The molecule has 10 nitrogen and oxygen atoms in total. The number of piperidine rings is 1. The van der Waals surface area contributed by atoms with Crippen molar-refractivity contribution < 1.29 is 13.9 Å². The molecular formula is C35H42FN7O3. The highest BCUT2D eigenvalue weighted by Gasteiger charge is 2.42. The molecule has 11 heteroatoms. The number of hydrogen-bond donors (Lipinski definition) is 0. The largest absolute Gasteiger partial charge is 0.425 e. The molecule has 0 radical (unpaired) electrons. The standard InChI is InChI=1S/C35H42FN7O3/c1-6-24(3)42(31-21-23(31)2)35(45)46-25(4)43-32(44)15-18-37-33(43)39(5)28-16-19-40(20-17-28)34-38-29-9-7-8-10-30(29)41(34)22-26-11-13-27(36)14-12-26/h6-15,18,23,25,28,31H,16-17,19-22H2,1-5H3/b24-6+. The molecule has 1 saturated carbocycles. The van der Waals surface area contributed by atoms with E-state index >= 15 is 0 Å². The van der Waals surface area contributed by atoms with Crippen LogP contribution in [0.1, 0.15) is 58.7 Å². The van der Waals surface area contributed by atoms with E-state index in [1.165, 1.54) is 29.0 Å². The molecule has 3 heterocycles. The fourth-order valence-electron chi connectivity index (χ4n) is 6.46. The molecule has 2 aromatic carbocycles. The first-order valence-electron chi connectivity index (χ1n) is 16.0. The number of carbonyl (C=O) groups excluding carboxylic acids is 1. The van der Waals surface area contributed by atoms with Crippen molar-refractivity contribution >= 4 is 29.0 Å².